The van der Waals surface area contributed by atoms with Gasteiger partial charge in [0.2, 0.25) is 0 Å². The second-order valence-corrected chi connectivity index (χ2v) is 6.85. The molecular weight excluding hydrogens is 283 g/mol. The van der Waals surface area contributed by atoms with E-state index in [1.54, 1.807) is 17.4 Å². The molecule has 0 aliphatic rings. The number of thiazole rings is 1. The van der Waals surface area contributed by atoms with E-state index in [-0.39, 0.29) is 5.82 Å². The summed E-state index contributed by atoms with van der Waals surface area (Å²) in [6.45, 7) is 7.16. The lowest BCUT2D eigenvalue weighted by molar-refractivity contribution is 0.435. The molecule has 1 heterocycles. The molecule has 1 N–H and O–H groups in total. The standard InChI is InChI=1S/C17H23FN2S/c1-12(2)19-10-14(9-16-11-21-13(3)20-16)8-15-6-4-5-7-17(15)18/h4-7,11-12,14,19H,8-10H2,1-3H3. The molecule has 0 saturated carbocycles. The van der Waals surface area contributed by atoms with Gasteiger partial charge in [0.25, 0.3) is 0 Å². The highest BCUT2D eigenvalue weighted by atomic mass is 32.1. The first kappa shape index (κ1) is 16.1. The Morgan fingerprint density at radius 2 is 2.00 bits per heavy atom. The van der Waals surface area contributed by atoms with Crippen molar-refractivity contribution in [1.29, 1.82) is 0 Å². The quantitative estimate of drug-likeness (QED) is 0.836. The molecule has 1 atom stereocenters. The maximum absolute atomic E-state index is 13.9. The summed E-state index contributed by atoms with van der Waals surface area (Å²) in [5.74, 6) is 0.243. The number of hydrogen-bond donors (Lipinski definition) is 1. The average molecular weight is 306 g/mol. The van der Waals surface area contributed by atoms with Gasteiger partial charge in [-0.15, -0.1) is 11.3 Å². The number of aromatic nitrogens is 1. The van der Waals surface area contributed by atoms with Gasteiger partial charge in [0.05, 0.1) is 10.7 Å². The van der Waals surface area contributed by atoms with Gasteiger partial charge in [-0.2, -0.15) is 0 Å². The number of hydrogen-bond acceptors (Lipinski definition) is 3. The number of benzene rings is 1. The van der Waals surface area contributed by atoms with Crippen molar-refractivity contribution in [3.8, 4) is 0 Å². The molecule has 2 aromatic rings. The molecule has 1 aromatic heterocycles. The van der Waals surface area contributed by atoms with Crippen molar-refractivity contribution >= 4 is 11.3 Å². The molecule has 2 rings (SSSR count). The molecule has 21 heavy (non-hydrogen) atoms. The second-order valence-electron chi connectivity index (χ2n) is 5.79. The van der Waals surface area contributed by atoms with Gasteiger partial charge in [-0.3, -0.25) is 0 Å². The van der Waals surface area contributed by atoms with Crippen LogP contribution in [0.15, 0.2) is 29.6 Å². The third-order valence-corrected chi connectivity index (χ3v) is 4.27. The fourth-order valence-corrected chi connectivity index (χ4v) is 3.02. The molecule has 1 aromatic carbocycles. The molecule has 1 unspecified atom stereocenters. The molecule has 0 spiro atoms. The highest BCUT2D eigenvalue weighted by Crippen LogP contribution is 2.18. The number of nitrogens with one attached hydrogen (secondary N) is 1. The number of aryl methyl sites for hydroxylation is 1. The van der Waals surface area contributed by atoms with Gasteiger partial charge in [-0.25, -0.2) is 9.37 Å². The van der Waals surface area contributed by atoms with Crippen LogP contribution in [-0.2, 0) is 12.8 Å². The molecule has 0 saturated heterocycles. The van der Waals surface area contributed by atoms with Crippen LogP contribution in [0.5, 0.6) is 0 Å². The molecule has 4 heteroatoms. The number of halogens is 1. The van der Waals surface area contributed by atoms with E-state index in [1.165, 1.54) is 6.07 Å². The smallest absolute Gasteiger partial charge is 0.126 e. The summed E-state index contributed by atoms with van der Waals surface area (Å²) in [6.07, 6.45) is 1.63. The van der Waals surface area contributed by atoms with Crippen LogP contribution in [0.4, 0.5) is 4.39 Å². The van der Waals surface area contributed by atoms with Crippen molar-refractivity contribution in [3.63, 3.8) is 0 Å². The van der Waals surface area contributed by atoms with Crippen molar-refractivity contribution in [1.82, 2.24) is 10.3 Å². The van der Waals surface area contributed by atoms with E-state index in [4.69, 9.17) is 0 Å². The summed E-state index contributed by atoms with van der Waals surface area (Å²) < 4.78 is 13.9. The van der Waals surface area contributed by atoms with Crippen molar-refractivity contribution in [3.05, 3.63) is 51.7 Å². The van der Waals surface area contributed by atoms with Crippen molar-refractivity contribution < 1.29 is 4.39 Å². The van der Waals surface area contributed by atoms with E-state index < -0.39 is 0 Å². The minimum atomic E-state index is -0.110. The third-order valence-electron chi connectivity index (χ3n) is 3.45. The van der Waals surface area contributed by atoms with Crippen LogP contribution >= 0.6 is 11.3 Å². The Bertz CT molecular complexity index is 565. The second kappa shape index (κ2) is 7.66. The fraction of sp³-hybridized carbons (Fsp3) is 0.471. The van der Waals surface area contributed by atoms with E-state index in [2.05, 4.69) is 29.5 Å². The van der Waals surface area contributed by atoms with Crippen LogP contribution < -0.4 is 5.32 Å². The molecule has 0 bridgehead atoms. The first-order valence-corrected chi connectivity index (χ1v) is 8.30. The van der Waals surface area contributed by atoms with Crippen LogP contribution in [0.1, 0.15) is 30.1 Å². The predicted molar refractivity (Wildman–Crippen MR) is 87.3 cm³/mol. The number of rotatable bonds is 7. The van der Waals surface area contributed by atoms with Gasteiger partial charge < -0.3 is 5.32 Å². The molecular formula is C17H23FN2S. The Morgan fingerprint density at radius 1 is 1.24 bits per heavy atom. The monoisotopic (exact) mass is 306 g/mol. The fourth-order valence-electron chi connectivity index (χ4n) is 2.39. The van der Waals surface area contributed by atoms with Crippen LogP contribution in [0.25, 0.3) is 0 Å². The summed E-state index contributed by atoms with van der Waals surface area (Å²) in [6, 6.07) is 7.49. The van der Waals surface area contributed by atoms with E-state index in [0.29, 0.717) is 12.0 Å². The van der Waals surface area contributed by atoms with E-state index in [0.717, 1.165) is 35.7 Å². The van der Waals surface area contributed by atoms with Gasteiger partial charge in [-0.1, -0.05) is 32.0 Å². The Balaban J connectivity index is 2.06. The van der Waals surface area contributed by atoms with Crippen LogP contribution in [0.2, 0.25) is 0 Å². The summed E-state index contributed by atoms with van der Waals surface area (Å²) in [7, 11) is 0. The molecule has 0 radical (unpaired) electrons. The molecule has 0 amide bonds. The van der Waals surface area contributed by atoms with Gasteiger partial charge >= 0.3 is 0 Å². The largest absolute Gasteiger partial charge is 0.314 e. The zero-order valence-electron chi connectivity index (χ0n) is 12.9. The summed E-state index contributed by atoms with van der Waals surface area (Å²) >= 11 is 1.67. The maximum Gasteiger partial charge on any atom is 0.126 e. The zero-order chi connectivity index (χ0) is 15.2. The van der Waals surface area contributed by atoms with Crippen LogP contribution in [0.3, 0.4) is 0 Å². The lowest BCUT2D eigenvalue weighted by Gasteiger charge is -2.19. The lowest BCUT2D eigenvalue weighted by Crippen LogP contribution is -2.31. The molecule has 0 aliphatic heterocycles. The molecule has 114 valence electrons. The lowest BCUT2D eigenvalue weighted by atomic mass is 9.94. The topological polar surface area (TPSA) is 24.9 Å². The first-order valence-electron chi connectivity index (χ1n) is 7.42. The van der Waals surface area contributed by atoms with Crippen molar-refractivity contribution in [2.75, 3.05) is 6.54 Å². The first-order chi connectivity index (χ1) is 10.0. The molecule has 0 aliphatic carbocycles. The molecule has 0 fully saturated rings. The van der Waals surface area contributed by atoms with Crippen LogP contribution in [0, 0.1) is 18.7 Å². The van der Waals surface area contributed by atoms with Crippen molar-refractivity contribution in [2.45, 2.75) is 39.7 Å². The predicted octanol–water partition coefficient (Wildman–Crippen LogP) is 3.99. The van der Waals surface area contributed by atoms with Crippen molar-refractivity contribution in [2.24, 2.45) is 5.92 Å². The summed E-state index contributed by atoms with van der Waals surface area (Å²) in [5, 5.41) is 6.67. The highest BCUT2D eigenvalue weighted by molar-refractivity contribution is 7.09. The summed E-state index contributed by atoms with van der Waals surface area (Å²) in [5.41, 5.74) is 1.91. The van der Waals surface area contributed by atoms with E-state index >= 15 is 0 Å². The normalized spacial score (nSPS) is 12.8. The van der Waals surface area contributed by atoms with Crippen LogP contribution in [-0.4, -0.2) is 17.6 Å². The van der Waals surface area contributed by atoms with Gasteiger partial charge in [0.15, 0.2) is 0 Å². The number of nitrogens with zero attached hydrogens (tertiary/aromatic N) is 1. The van der Waals surface area contributed by atoms with E-state index in [9.17, 15) is 4.39 Å². The Kier molecular flexibility index (Phi) is 5.88. The molecule has 2 nitrogen and oxygen atoms in total. The van der Waals surface area contributed by atoms with Gasteiger partial charge in [0.1, 0.15) is 5.82 Å². The Hall–Kier alpha value is -1.26. The minimum absolute atomic E-state index is 0.110. The van der Waals surface area contributed by atoms with Gasteiger partial charge in [0, 0.05) is 11.4 Å². The summed E-state index contributed by atoms with van der Waals surface area (Å²) in [4.78, 5) is 4.54. The average Bonchev–Trinajstić information content (AvgIpc) is 2.84. The minimum Gasteiger partial charge on any atom is -0.314 e. The highest BCUT2D eigenvalue weighted by Gasteiger charge is 2.15. The Labute approximate surface area is 130 Å². The Morgan fingerprint density at radius 3 is 2.62 bits per heavy atom. The van der Waals surface area contributed by atoms with E-state index in [1.807, 2.05) is 19.1 Å². The third kappa shape index (κ3) is 5.21. The SMILES string of the molecule is Cc1nc(CC(CNC(C)C)Cc2ccccc2F)cs1. The van der Waals surface area contributed by atoms with Gasteiger partial charge in [-0.05, 0) is 43.9 Å². The maximum atomic E-state index is 13.9. The zero-order valence-corrected chi connectivity index (χ0v) is 13.7.